The van der Waals surface area contributed by atoms with E-state index < -0.39 is 4.92 Å². The summed E-state index contributed by atoms with van der Waals surface area (Å²) in [6.07, 6.45) is 0. The van der Waals surface area contributed by atoms with Crippen molar-refractivity contribution < 1.29 is 14.5 Å². The molecule has 0 heterocycles. The lowest BCUT2D eigenvalue weighted by molar-refractivity contribution is -0.384. The van der Waals surface area contributed by atoms with Crippen molar-refractivity contribution in [3.8, 4) is 5.75 Å². The van der Waals surface area contributed by atoms with Crippen LogP contribution in [0.1, 0.15) is 18.5 Å². The van der Waals surface area contributed by atoms with Crippen molar-refractivity contribution in [1.29, 1.82) is 0 Å². The average molecular weight is 349 g/mol. The topological polar surface area (TPSA) is 72.7 Å². The first-order valence-corrected chi connectivity index (χ1v) is 7.64. The van der Waals surface area contributed by atoms with Crippen molar-refractivity contribution in [1.82, 2.24) is 4.90 Å². The molecule has 0 spiro atoms. The molecule has 0 saturated heterocycles. The highest BCUT2D eigenvalue weighted by Crippen LogP contribution is 2.22. The van der Waals surface area contributed by atoms with E-state index in [1.54, 1.807) is 30.1 Å². The van der Waals surface area contributed by atoms with Crippen LogP contribution in [0.3, 0.4) is 0 Å². The average Bonchev–Trinajstić information content (AvgIpc) is 2.59. The maximum Gasteiger partial charge on any atom is 0.273 e. The molecule has 0 bridgehead atoms. The Morgan fingerprint density at radius 2 is 1.96 bits per heavy atom. The van der Waals surface area contributed by atoms with E-state index in [-0.39, 0.29) is 30.0 Å². The van der Waals surface area contributed by atoms with Gasteiger partial charge >= 0.3 is 0 Å². The maximum atomic E-state index is 12.3. The third-order valence-corrected chi connectivity index (χ3v) is 3.97. The molecule has 24 heavy (non-hydrogen) atoms. The van der Waals surface area contributed by atoms with E-state index in [0.29, 0.717) is 5.02 Å². The van der Waals surface area contributed by atoms with Gasteiger partial charge in [-0.05, 0) is 30.7 Å². The number of nitrogens with zero attached hydrogens (tertiary/aromatic N) is 2. The molecule has 0 aliphatic heterocycles. The molecule has 0 saturated carbocycles. The van der Waals surface area contributed by atoms with Crippen molar-refractivity contribution in [2.75, 3.05) is 13.7 Å². The summed E-state index contributed by atoms with van der Waals surface area (Å²) in [7, 11) is 1.68. The first-order chi connectivity index (χ1) is 11.4. The molecule has 2 aromatic rings. The van der Waals surface area contributed by atoms with E-state index >= 15 is 0 Å². The number of likely N-dealkylation sites (N-methyl/N-ethyl adjacent to an activating group) is 1. The van der Waals surface area contributed by atoms with Gasteiger partial charge in [-0.25, -0.2) is 0 Å². The van der Waals surface area contributed by atoms with Crippen LogP contribution in [0.2, 0.25) is 5.02 Å². The van der Waals surface area contributed by atoms with Crippen LogP contribution in [0.4, 0.5) is 5.69 Å². The Hall–Kier alpha value is -2.60. The monoisotopic (exact) mass is 348 g/mol. The Morgan fingerprint density at radius 1 is 1.29 bits per heavy atom. The number of non-ortho nitro benzene ring substituents is 1. The normalized spacial score (nSPS) is 11.6. The molecule has 0 aromatic heterocycles. The number of hydrogen-bond acceptors (Lipinski definition) is 4. The summed E-state index contributed by atoms with van der Waals surface area (Å²) >= 11 is 5.86. The minimum Gasteiger partial charge on any atom is -0.484 e. The molecule has 0 N–H and O–H groups in total. The fourth-order valence-electron chi connectivity index (χ4n) is 2.11. The van der Waals surface area contributed by atoms with Crippen molar-refractivity contribution in [2.24, 2.45) is 0 Å². The predicted molar refractivity (Wildman–Crippen MR) is 91.2 cm³/mol. The van der Waals surface area contributed by atoms with Gasteiger partial charge < -0.3 is 9.64 Å². The third kappa shape index (κ3) is 4.45. The summed E-state index contributed by atoms with van der Waals surface area (Å²) in [5, 5.41) is 11.4. The standard InChI is InChI=1S/C17H17ClN2O4/c1-12(13-6-8-14(18)9-7-13)19(2)17(21)11-24-16-5-3-4-15(10-16)20(22)23/h3-10,12H,11H2,1-2H3. The highest BCUT2D eigenvalue weighted by Gasteiger charge is 2.18. The second-order valence-electron chi connectivity index (χ2n) is 5.28. The molecule has 7 heteroatoms. The summed E-state index contributed by atoms with van der Waals surface area (Å²) in [4.78, 5) is 24.0. The zero-order valence-electron chi connectivity index (χ0n) is 13.3. The second kappa shape index (κ2) is 7.79. The molecular formula is C17H17ClN2O4. The number of amides is 1. The van der Waals surface area contributed by atoms with Gasteiger partial charge in [-0.2, -0.15) is 0 Å². The lowest BCUT2D eigenvalue weighted by Gasteiger charge is -2.25. The quantitative estimate of drug-likeness (QED) is 0.587. The SMILES string of the molecule is CC(c1ccc(Cl)cc1)N(C)C(=O)COc1cccc([N+](=O)[O-])c1. The summed E-state index contributed by atoms with van der Waals surface area (Å²) in [5.41, 5.74) is 0.869. The fourth-order valence-corrected chi connectivity index (χ4v) is 2.24. The van der Waals surface area contributed by atoms with Crippen molar-refractivity contribution in [3.05, 3.63) is 69.2 Å². The van der Waals surface area contributed by atoms with Gasteiger partial charge in [0, 0.05) is 18.1 Å². The van der Waals surface area contributed by atoms with Gasteiger partial charge in [0.05, 0.1) is 17.0 Å². The van der Waals surface area contributed by atoms with E-state index in [9.17, 15) is 14.9 Å². The van der Waals surface area contributed by atoms with E-state index in [2.05, 4.69) is 0 Å². The van der Waals surface area contributed by atoms with Gasteiger partial charge in [-0.1, -0.05) is 29.8 Å². The largest absolute Gasteiger partial charge is 0.484 e. The summed E-state index contributed by atoms with van der Waals surface area (Å²) in [5.74, 6) is 0.0500. The molecule has 0 aliphatic rings. The molecular weight excluding hydrogens is 332 g/mol. The van der Waals surface area contributed by atoms with Gasteiger partial charge in [0.1, 0.15) is 5.75 Å². The first-order valence-electron chi connectivity index (χ1n) is 7.27. The number of nitro groups is 1. The maximum absolute atomic E-state index is 12.3. The third-order valence-electron chi connectivity index (χ3n) is 3.72. The van der Waals surface area contributed by atoms with Gasteiger partial charge in [0.2, 0.25) is 0 Å². The smallest absolute Gasteiger partial charge is 0.273 e. The molecule has 0 radical (unpaired) electrons. The zero-order valence-corrected chi connectivity index (χ0v) is 14.1. The Morgan fingerprint density at radius 3 is 2.58 bits per heavy atom. The van der Waals surface area contributed by atoms with Crippen molar-refractivity contribution >= 4 is 23.2 Å². The minimum absolute atomic E-state index is 0.0807. The number of carbonyl (C=O) groups excluding carboxylic acids is 1. The predicted octanol–water partition coefficient (Wildman–Crippen LogP) is 3.85. The van der Waals surface area contributed by atoms with E-state index in [4.69, 9.17) is 16.3 Å². The molecule has 1 amide bonds. The number of benzene rings is 2. The lowest BCUT2D eigenvalue weighted by atomic mass is 10.1. The van der Waals surface area contributed by atoms with Gasteiger partial charge in [-0.15, -0.1) is 0 Å². The lowest BCUT2D eigenvalue weighted by Crippen LogP contribution is -2.33. The fraction of sp³-hybridized carbons (Fsp3) is 0.235. The van der Waals surface area contributed by atoms with E-state index in [1.165, 1.54) is 18.2 Å². The van der Waals surface area contributed by atoms with Crippen LogP contribution >= 0.6 is 11.6 Å². The van der Waals surface area contributed by atoms with Crippen LogP contribution in [0.15, 0.2) is 48.5 Å². The molecule has 0 fully saturated rings. The highest BCUT2D eigenvalue weighted by atomic mass is 35.5. The first kappa shape index (κ1) is 17.7. The number of carbonyl (C=O) groups is 1. The van der Waals surface area contributed by atoms with Crippen LogP contribution in [0.5, 0.6) is 5.75 Å². The summed E-state index contributed by atoms with van der Waals surface area (Å²) < 4.78 is 5.37. The molecule has 6 nitrogen and oxygen atoms in total. The van der Waals surface area contributed by atoms with Gasteiger partial charge in [-0.3, -0.25) is 14.9 Å². The van der Waals surface area contributed by atoms with Crippen molar-refractivity contribution in [2.45, 2.75) is 13.0 Å². The molecule has 1 unspecified atom stereocenters. The van der Waals surface area contributed by atoms with Gasteiger partial charge in [0.25, 0.3) is 11.6 Å². The molecule has 126 valence electrons. The number of nitro benzene ring substituents is 1. The Labute approximate surface area is 144 Å². The van der Waals surface area contributed by atoms with Gasteiger partial charge in [0.15, 0.2) is 6.61 Å². The molecule has 0 aliphatic carbocycles. The van der Waals surface area contributed by atoms with Crippen LogP contribution in [-0.2, 0) is 4.79 Å². The minimum atomic E-state index is -0.511. The summed E-state index contributed by atoms with van der Waals surface area (Å²) in [6, 6.07) is 12.8. The molecule has 2 rings (SSSR count). The van der Waals surface area contributed by atoms with Crippen LogP contribution < -0.4 is 4.74 Å². The van der Waals surface area contributed by atoms with Crippen LogP contribution in [0.25, 0.3) is 0 Å². The number of halogens is 1. The zero-order chi connectivity index (χ0) is 17.7. The van der Waals surface area contributed by atoms with E-state index in [1.807, 2.05) is 19.1 Å². The van der Waals surface area contributed by atoms with Crippen LogP contribution in [-0.4, -0.2) is 29.4 Å². The Bertz CT molecular complexity index is 734. The number of rotatable bonds is 6. The molecule has 2 aromatic carbocycles. The second-order valence-corrected chi connectivity index (χ2v) is 5.71. The highest BCUT2D eigenvalue weighted by molar-refractivity contribution is 6.30. The van der Waals surface area contributed by atoms with E-state index in [0.717, 1.165) is 5.56 Å². The Balaban J connectivity index is 1.97. The molecule has 1 atom stereocenters. The number of ether oxygens (including phenoxy) is 1. The Kier molecular flexibility index (Phi) is 5.76. The summed E-state index contributed by atoms with van der Waals surface area (Å²) in [6.45, 7) is 1.70. The number of hydrogen-bond donors (Lipinski definition) is 0. The van der Waals surface area contributed by atoms with Crippen LogP contribution in [0, 0.1) is 10.1 Å². The van der Waals surface area contributed by atoms with Crippen molar-refractivity contribution in [3.63, 3.8) is 0 Å².